The second kappa shape index (κ2) is 6.73. The van der Waals surface area contributed by atoms with Crippen molar-refractivity contribution in [3.63, 3.8) is 0 Å². The first-order valence-corrected chi connectivity index (χ1v) is 5.35. The molecule has 0 heterocycles. The van der Waals surface area contributed by atoms with Gasteiger partial charge in [-0.05, 0) is 23.1 Å². The van der Waals surface area contributed by atoms with Gasteiger partial charge in [-0.15, -0.1) is 0 Å². The fourth-order valence-electron chi connectivity index (χ4n) is 1.11. The number of benzene rings is 1. The van der Waals surface area contributed by atoms with Crippen LogP contribution in [0.4, 0.5) is 0 Å². The summed E-state index contributed by atoms with van der Waals surface area (Å²) < 4.78 is 0. The van der Waals surface area contributed by atoms with E-state index in [0.29, 0.717) is 0 Å². The molecule has 0 radical (unpaired) electrons. The topological polar surface area (TPSA) is 82.1 Å². The van der Waals surface area contributed by atoms with Crippen molar-refractivity contribution in [1.29, 1.82) is 0 Å². The van der Waals surface area contributed by atoms with Crippen molar-refractivity contribution >= 4 is 11.9 Å². The summed E-state index contributed by atoms with van der Waals surface area (Å²) in [5.41, 5.74) is -0.256. The number of hydrogen-bond donors (Lipinski definition) is 1. The predicted octanol–water partition coefficient (Wildman–Crippen LogP) is 2.06. The Morgan fingerprint density at radius 3 is 2.39 bits per heavy atom. The molecule has 0 fully saturated rings. The van der Waals surface area contributed by atoms with E-state index in [1.807, 2.05) is 13.8 Å². The normalized spacial score (nSPS) is 10.4. The first kappa shape index (κ1) is 14.1. The zero-order valence-corrected chi connectivity index (χ0v) is 10.1. The van der Waals surface area contributed by atoms with E-state index in [4.69, 9.17) is 5.11 Å². The summed E-state index contributed by atoms with van der Waals surface area (Å²) in [5.74, 6) is -1.92. The summed E-state index contributed by atoms with van der Waals surface area (Å²) in [6.07, 6.45) is 0. The second-order valence-corrected chi connectivity index (χ2v) is 3.97. The smallest absolute Gasteiger partial charge is 0.377 e. The molecule has 1 aromatic rings. The van der Waals surface area contributed by atoms with Gasteiger partial charge in [-0.1, -0.05) is 26.0 Å². The van der Waals surface area contributed by atoms with Gasteiger partial charge < -0.3 is 5.11 Å². The Bertz CT molecular complexity index is 426. The lowest BCUT2D eigenvalue weighted by atomic mass is 10.1. The van der Waals surface area contributed by atoms with Crippen molar-refractivity contribution in [3.8, 4) is 0 Å². The molecule has 0 saturated heterocycles. The summed E-state index contributed by atoms with van der Waals surface area (Å²) in [4.78, 5) is 31.3. The number of carbonyl (C=O) groups excluding carboxylic acids is 1. The van der Waals surface area contributed by atoms with E-state index in [2.05, 4.69) is 14.8 Å². The first-order chi connectivity index (χ1) is 8.52. The van der Waals surface area contributed by atoms with Crippen molar-refractivity contribution in [2.45, 2.75) is 13.8 Å². The van der Waals surface area contributed by atoms with Crippen molar-refractivity contribution < 1.29 is 29.5 Å². The van der Waals surface area contributed by atoms with E-state index in [-0.39, 0.29) is 23.7 Å². The van der Waals surface area contributed by atoms with Crippen molar-refractivity contribution in [1.82, 2.24) is 0 Å². The summed E-state index contributed by atoms with van der Waals surface area (Å²) in [7, 11) is 0. The SMILES string of the molecule is CC(C)COOOC(=O)c1ccccc1C(=O)O. The van der Waals surface area contributed by atoms with Gasteiger partial charge in [0, 0.05) is 0 Å². The highest BCUT2D eigenvalue weighted by Gasteiger charge is 2.18. The maximum absolute atomic E-state index is 11.5. The summed E-state index contributed by atoms with van der Waals surface area (Å²) in [5, 5.41) is 13.1. The van der Waals surface area contributed by atoms with Crippen LogP contribution in [0.2, 0.25) is 0 Å². The maximum Gasteiger partial charge on any atom is 0.377 e. The Balaban J connectivity index is 2.59. The number of hydrogen-bond acceptors (Lipinski definition) is 5. The fourth-order valence-corrected chi connectivity index (χ4v) is 1.11. The lowest BCUT2D eigenvalue weighted by molar-refractivity contribution is -0.483. The minimum Gasteiger partial charge on any atom is -0.478 e. The molecule has 0 unspecified atom stereocenters. The third-order valence-electron chi connectivity index (χ3n) is 1.94. The van der Waals surface area contributed by atoms with Gasteiger partial charge in [-0.3, -0.25) is 4.89 Å². The van der Waals surface area contributed by atoms with Gasteiger partial charge in [-0.2, -0.15) is 4.89 Å². The third kappa shape index (κ3) is 4.15. The molecule has 0 saturated carbocycles. The molecular formula is C12H14O6. The van der Waals surface area contributed by atoms with E-state index in [1.54, 1.807) is 0 Å². The fraction of sp³-hybridized carbons (Fsp3) is 0.333. The van der Waals surface area contributed by atoms with Gasteiger partial charge in [-0.25, -0.2) is 9.59 Å². The Morgan fingerprint density at radius 1 is 1.22 bits per heavy atom. The van der Waals surface area contributed by atoms with Crippen molar-refractivity contribution in [2.24, 2.45) is 5.92 Å². The molecule has 6 nitrogen and oxygen atoms in total. The molecule has 0 amide bonds. The van der Waals surface area contributed by atoms with Crippen LogP contribution in [0.3, 0.4) is 0 Å². The van der Waals surface area contributed by atoms with E-state index in [0.717, 1.165) is 0 Å². The van der Waals surface area contributed by atoms with Crippen LogP contribution >= 0.6 is 0 Å². The maximum atomic E-state index is 11.5. The van der Waals surface area contributed by atoms with Crippen LogP contribution < -0.4 is 0 Å². The van der Waals surface area contributed by atoms with Crippen LogP contribution in [0, 0.1) is 5.92 Å². The Morgan fingerprint density at radius 2 is 1.83 bits per heavy atom. The van der Waals surface area contributed by atoms with Crippen LogP contribution in [0.25, 0.3) is 0 Å². The van der Waals surface area contributed by atoms with Gasteiger partial charge in [0.2, 0.25) is 0 Å². The van der Waals surface area contributed by atoms with Gasteiger partial charge in [0.15, 0.2) is 0 Å². The molecule has 0 aromatic heterocycles. The van der Waals surface area contributed by atoms with Crippen LogP contribution in [0.1, 0.15) is 34.6 Å². The van der Waals surface area contributed by atoms with Gasteiger partial charge in [0.05, 0.1) is 17.7 Å². The second-order valence-electron chi connectivity index (χ2n) is 3.97. The molecule has 1 aromatic carbocycles. The molecule has 1 rings (SSSR count). The minimum atomic E-state index is -1.22. The average molecular weight is 254 g/mol. The third-order valence-corrected chi connectivity index (χ3v) is 1.94. The lowest BCUT2D eigenvalue weighted by Gasteiger charge is -2.06. The largest absolute Gasteiger partial charge is 0.478 e. The zero-order valence-electron chi connectivity index (χ0n) is 10.1. The molecule has 0 bridgehead atoms. The molecule has 98 valence electrons. The molecule has 0 aliphatic rings. The van der Waals surface area contributed by atoms with Gasteiger partial charge in [0.1, 0.15) is 0 Å². The van der Waals surface area contributed by atoms with E-state index in [9.17, 15) is 9.59 Å². The van der Waals surface area contributed by atoms with Crippen LogP contribution in [-0.2, 0) is 14.8 Å². The predicted molar refractivity (Wildman–Crippen MR) is 60.7 cm³/mol. The Labute approximate surface area is 104 Å². The number of carboxylic acid groups (broad SMARTS) is 1. The molecule has 0 aliphatic heterocycles. The monoisotopic (exact) mass is 254 g/mol. The highest BCUT2D eigenvalue weighted by molar-refractivity contribution is 6.02. The van der Waals surface area contributed by atoms with Crippen LogP contribution in [-0.4, -0.2) is 23.7 Å². The Kier molecular flexibility index (Phi) is 5.29. The van der Waals surface area contributed by atoms with Crippen LogP contribution in [0.5, 0.6) is 0 Å². The lowest BCUT2D eigenvalue weighted by Crippen LogP contribution is -2.13. The standard InChI is InChI=1S/C12H14O6/c1-8(2)7-16-18-17-12(15)10-6-4-3-5-9(10)11(13)14/h3-6,8H,7H2,1-2H3,(H,13,14). The quantitative estimate of drug-likeness (QED) is 0.475. The number of rotatable bonds is 6. The van der Waals surface area contributed by atoms with E-state index >= 15 is 0 Å². The highest BCUT2D eigenvalue weighted by atomic mass is 17.5. The van der Waals surface area contributed by atoms with Gasteiger partial charge in [0.25, 0.3) is 0 Å². The number of carbonyl (C=O) groups is 2. The molecule has 18 heavy (non-hydrogen) atoms. The minimum absolute atomic E-state index is 0.0989. The van der Waals surface area contributed by atoms with E-state index in [1.165, 1.54) is 24.3 Å². The summed E-state index contributed by atoms with van der Waals surface area (Å²) in [6, 6.07) is 5.67. The number of carboxylic acids is 1. The Hall–Kier alpha value is -1.92. The van der Waals surface area contributed by atoms with Gasteiger partial charge >= 0.3 is 11.9 Å². The molecule has 0 atom stereocenters. The zero-order chi connectivity index (χ0) is 13.5. The highest BCUT2D eigenvalue weighted by Crippen LogP contribution is 2.10. The molecule has 0 spiro atoms. The van der Waals surface area contributed by atoms with Crippen molar-refractivity contribution in [2.75, 3.05) is 6.61 Å². The average Bonchev–Trinajstić information content (AvgIpc) is 2.34. The van der Waals surface area contributed by atoms with Crippen LogP contribution in [0.15, 0.2) is 24.3 Å². The first-order valence-electron chi connectivity index (χ1n) is 5.35. The molecule has 1 N–H and O–H groups in total. The number of aromatic carboxylic acids is 1. The molecule has 6 heteroatoms. The van der Waals surface area contributed by atoms with E-state index < -0.39 is 11.9 Å². The molecular weight excluding hydrogens is 240 g/mol. The summed E-state index contributed by atoms with van der Waals surface area (Å²) >= 11 is 0. The molecule has 0 aliphatic carbocycles. The van der Waals surface area contributed by atoms with Crippen molar-refractivity contribution in [3.05, 3.63) is 35.4 Å². The summed E-state index contributed by atoms with van der Waals surface area (Å²) in [6.45, 7) is 4.05.